The zero-order chi connectivity index (χ0) is 21.5. The minimum Gasteiger partial charge on any atom is -0.481 e. The van der Waals surface area contributed by atoms with Crippen LogP contribution >= 0.6 is 34.9 Å². The lowest BCUT2D eigenvalue weighted by Crippen LogP contribution is -2.75. The van der Waals surface area contributed by atoms with Gasteiger partial charge in [-0.25, -0.2) is 4.68 Å². The van der Waals surface area contributed by atoms with Crippen molar-refractivity contribution in [2.75, 3.05) is 29.5 Å². The number of anilines is 1. The number of aryl methyl sites for hydroxylation is 1. The number of hydrogen-bond donors (Lipinski definition) is 2. The van der Waals surface area contributed by atoms with Gasteiger partial charge in [-0.05, 0) is 27.9 Å². The predicted octanol–water partition coefficient (Wildman–Crippen LogP) is -0.290. The number of nitrogens with zero attached hydrogens (tertiary/aromatic N) is 6. The van der Waals surface area contributed by atoms with Gasteiger partial charge in [0.15, 0.2) is 0 Å². The van der Waals surface area contributed by atoms with Crippen LogP contribution in [-0.4, -0.2) is 84.0 Å². The number of carboxylic acid groups (broad SMARTS) is 1. The molecule has 30 heavy (non-hydrogen) atoms. The van der Waals surface area contributed by atoms with Crippen molar-refractivity contribution in [3.8, 4) is 0 Å². The highest BCUT2D eigenvalue weighted by Crippen LogP contribution is 2.46. The van der Waals surface area contributed by atoms with Gasteiger partial charge in [-0.1, -0.05) is 11.8 Å². The van der Waals surface area contributed by atoms with Crippen LogP contribution in [0.5, 0.6) is 0 Å². The van der Waals surface area contributed by atoms with Crippen LogP contribution in [0.2, 0.25) is 0 Å². The second kappa shape index (κ2) is 8.17. The monoisotopic (exact) mass is 469 g/mol. The maximum Gasteiger partial charge on any atom is 0.313 e. The van der Waals surface area contributed by atoms with Gasteiger partial charge in [0.1, 0.15) is 16.8 Å². The summed E-state index contributed by atoms with van der Waals surface area (Å²) >= 11 is 3.98. The first kappa shape index (κ1) is 21.1. The number of aromatic nitrogens is 4. The number of hydrogen-bond acceptors (Lipinski definition) is 10. The van der Waals surface area contributed by atoms with Crippen LogP contribution in [0.15, 0.2) is 22.7 Å². The Morgan fingerprint density at radius 1 is 1.50 bits per heavy atom. The van der Waals surface area contributed by atoms with E-state index in [9.17, 15) is 19.5 Å². The highest BCUT2D eigenvalue weighted by Gasteiger charge is 2.59. The van der Waals surface area contributed by atoms with Crippen LogP contribution in [0.3, 0.4) is 0 Å². The van der Waals surface area contributed by atoms with Crippen molar-refractivity contribution in [1.82, 2.24) is 25.1 Å². The SMILES string of the molecule is Cn1nnnc1SCC1(C(=O)O)CS[C@@H]2C(N(C(=O)CN)c3cccs3)C(=O)N2C1. The van der Waals surface area contributed by atoms with Crippen LogP contribution < -0.4 is 10.6 Å². The Morgan fingerprint density at radius 2 is 2.30 bits per heavy atom. The fourth-order valence-corrected chi connectivity index (χ4v) is 6.99. The molecule has 0 saturated carbocycles. The zero-order valence-electron chi connectivity index (χ0n) is 15.9. The lowest BCUT2D eigenvalue weighted by Gasteiger charge is -2.56. The smallest absolute Gasteiger partial charge is 0.313 e. The number of rotatable bonds is 7. The number of fused-ring (bicyclic) bond motifs is 1. The number of thiophene rings is 1. The van der Waals surface area contributed by atoms with Gasteiger partial charge in [-0.3, -0.25) is 19.3 Å². The molecule has 4 rings (SSSR count). The van der Waals surface area contributed by atoms with E-state index < -0.39 is 17.4 Å². The van der Waals surface area contributed by atoms with Crippen LogP contribution in [0.4, 0.5) is 5.00 Å². The Balaban J connectivity index is 1.52. The number of nitrogens with two attached hydrogens (primary N) is 1. The average molecular weight is 470 g/mol. The van der Waals surface area contributed by atoms with Crippen molar-refractivity contribution in [1.29, 1.82) is 0 Å². The van der Waals surface area contributed by atoms with Crippen molar-refractivity contribution in [3.05, 3.63) is 17.5 Å². The summed E-state index contributed by atoms with van der Waals surface area (Å²) in [5.41, 5.74) is 4.44. The topological polar surface area (TPSA) is 148 Å². The van der Waals surface area contributed by atoms with E-state index in [-0.39, 0.29) is 36.0 Å². The number of β-lactam (4-membered cyclic amide) rings is 1. The molecule has 2 fully saturated rings. The third kappa shape index (κ3) is 3.46. The molecule has 2 aromatic rings. The molecular formula is C16H19N7O4S3. The Bertz CT molecular complexity index is 968. The summed E-state index contributed by atoms with van der Waals surface area (Å²) in [4.78, 5) is 40.6. The van der Waals surface area contributed by atoms with Crippen molar-refractivity contribution in [2.45, 2.75) is 16.6 Å². The summed E-state index contributed by atoms with van der Waals surface area (Å²) in [5, 5.41) is 23.8. The van der Waals surface area contributed by atoms with Crippen LogP contribution in [0.25, 0.3) is 0 Å². The van der Waals surface area contributed by atoms with Gasteiger partial charge in [0.2, 0.25) is 17.0 Å². The van der Waals surface area contributed by atoms with Gasteiger partial charge in [-0.15, -0.1) is 28.2 Å². The zero-order valence-corrected chi connectivity index (χ0v) is 18.3. The van der Waals surface area contributed by atoms with E-state index >= 15 is 0 Å². The van der Waals surface area contributed by atoms with E-state index in [4.69, 9.17) is 5.73 Å². The Kier molecular flexibility index (Phi) is 5.74. The number of carbonyl (C=O) groups is 3. The maximum atomic E-state index is 13.0. The van der Waals surface area contributed by atoms with E-state index in [1.54, 1.807) is 24.1 Å². The van der Waals surface area contributed by atoms with Crippen molar-refractivity contribution >= 4 is 57.6 Å². The molecule has 2 aromatic heterocycles. The lowest BCUT2D eigenvalue weighted by molar-refractivity contribution is -0.156. The Morgan fingerprint density at radius 3 is 2.90 bits per heavy atom. The average Bonchev–Trinajstić information content (AvgIpc) is 3.41. The number of aliphatic carboxylic acids is 1. The molecule has 0 spiro atoms. The van der Waals surface area contributed by atoms with Gasteiger partial charge < -0.3 is 15.7 Å². The third-order valence-corrected chi connectivity index (χ3v) is 8.84. The first-order valence-electron chi connectivity index (χ1n) is 8.94. The fraction of sp³-hybridized carbons (Fsp3) is 0.500. The molecule has 14 heteroatoms. The van der Waals surface area contributed by atoms with E-state index in [0.29, 0.717) is 15.9 Å². The summed E-state index contributed by atoms with van der Waals surface area (Å²) < 4.78 is 1.47. The third-order valence-electron chi connectivity index (χ3n) is 5.09. The number of tetrazole rings is 1. The van der Waals surface area contributed by atoms with Crippen LogP contribution in [0, 0.1) is 5.41 Å². The van der Waals surface area contributed by atoms with Crippen LogP contribution in [0.1, 0.15) is 0 Å². The van der Waals surface area contributed by atoms with Gasteiger partial charge >= 0.3 is 5.97 Å². The fourth-order valence-electron chi connectivity index (χ4n) is 3.45. The summed E-state index contributed by atoms with van der Waals surface area (Å²) in [6.07, 6.45) is 0. The number of amides is 2. The maximum absolute atomic E-state index is 13.0. The van der Waals surface area contributed by atoms with Crippen molar-refractivity contribution in [3.63, 3.8) is 0 Å². The van der Waals surface area contributed by atoms with E-state index in [1.807, 2.05) is 5.38 Å². The summed E-state index contributed by atoms with van der Waals surface area (Å²) in [6, 6.07) is 2.90. The first-order chi connectivity index (χ1) is 14.4. The molecule has 0 aromatic carbocycles. The number of carboxylic acids is 1. The molecule has 0 radical (unpaired) electrons. The molecule has 2 aliphatic rings. The molecular weight excluding hydrogens is 450 g/mol. The highest BCUT2D eigenvalue weighted by atomic mass is 32.2. The molecule has 11 nitrogen and oxygen atoms in total. The molecule has 2 amide bonds. The van der Waals surface area contributed by atoms with Crippen molar-refractivity contribution in [2.24, 2.45) is 18.2 Å². The second-order valence-electron chi connectivity index (χ2n) is 6.99. The quantitative estimate of drug-likeness (QED) is 0.409. The first-order valence-corrected chi connectivity index (χ1v) is 11.9. The van der Waals surface area contributed by atoms with E-state index in [1.165, 1.54) is 44.4 Å². The predicted molar refractivity (Wildman–Crippen MR) is 112 cm³/mol. The lowest BCUT2D eigenvalue weighted by atomic mass is 9.89. The number of thioether (sulfide) groups is 2. The van der Waals surface area contributed by atoms with Gasteiger partial charge in [0, 0.05) is 25.1 Å². The van der Waals surface area contributed by atoms with E-state index in [0.717, 1.165) is 0 Å². The van der Waals surface area contributed by atoms with Crippen LogP contribution in [-0.2, 0) is 21.4 Å². The molecule has 2 unspecified atom stereocenters. The van der Waals surface area contributed by atoms with Gasteiger partial charge in [-0.2, -0.15) is 0 Å². The summed E-state index contributed by atoms with van der Waals surface area (Å²) in [6.45, 7) is -0.136. The minimum atomic E-state index is -1.13. The molecule has 0 bridgehead atoms. The second-order valence-corrected chi connectivity index (χ2v) is 9.96. The number of carbonyl (C=O) groups excluding carboxylic acids is 2. The Hall–Kier alpha value is -2.16. The standard InChI is InChI=1S/C16H19N7O4S3/c1-21-15(18-19-20-21)30-8-16(14(26)27)6-22-12(25)11(13(22)29-7-16)23(9(24)5-17)10-3-2-4-28-10/h2-4,11,13H,5-8,17H2,1H3,(H,26,27)/t11?,13-,16?/m1/s1. The molecule has 3 atom stereocenters. The van der Waals surface area contributed by atoms with Gasteiger partial charge in [0.05, 0.1) is 11.5 Å². The molecule has 2 aliphatic heterocycles. The molecule has 3 N–H and O–H groups in total. The molecule has 160 valence electrons. The molecule has 4 heterocycles. The highest BCUT2D eigenvalue weighted by molar-refractivity contribution is 8.00. The van der Waals surface area contributed by atoms with Crippen molar-refractivity contribution < 1.29 is 19.5 Å². The molecule has 0 aliphatic carbocycles. The van der Waals surface area contributed by atoms with E-state index in [2.05, 4.69) is 15.5 Å². The largest absolute Gasteiger partial charge is 0.481 e. The summed E-state index contributed by atoms with van der Waals surface area (Å²) in [5.74, 6) is -1.04. The normalized spacial score (nSPS) is 25.5. The van der Waals surface area contributed by atoms with Gasteiger partial charge in [0.25, 0.3) is 0 Å². The Labute approximate surface area is 183 Å². The molecule has 2 saturated heterocycles. The minimum absolute atomic E-state index is 0.0721. The summed E-state index contributed by atoms with van der Waals surface area (Å²) in [7, 11) is 1.68.